The van der Waals surface area contributed by atoms with Crippen LogP contribution >= 0.6 is 11.3 Å². The van der Waals surface area contributed by atoms with E-state index in [0.29, 0.717) is 0 Å². The number of hydrogen-bond donors (Lipinski definition) is 0. The standard InChI is InChI=1S/C28H25N3O3S/c1-18-26(20-7-5-9-23(15-20)33-3)30-31(27(18)21-8-6-10-24(16-21)34-4)28-29-25(17-35-28)19-11-13-22(32-2)14-12-19/h5-17H,1-4H3. The summed E-state index contributed by atoms with van der Waals surface area (Å²) in [6.07, 6.45) is 0. The molecule has 0 radical (unpaired) electrons. The number of aromatic nitrogens is 3. The SMILES string of the molecule is COc1ccc(-c2csc(-n3nc(-c4cccc(OC)c4)c(C)c3-c3cccc(OC)c3)n2)cc1. The minimum atomic E-state index is 0.783. The zero-order valence-corrected chi connectivity index (χ0v) is 20.8. The minimum absolute atomic E-state index is 0.783. The highest BCUT2D eigenvalue weighted by Gasteiger charge is 2.21. The quantitative estimate of drug-likeness (QED) is 0.259. The average molecular weight is 484 g/mol. The molecule has 0 aliphatic rings. The lowest BCUT2D eigenvalue weighted by atomic mass is 10.0. The Kier molecular flexibility index (Phi) is 6.25. The second-order valence-corrected chi connectivity index (χ2v) is 8.78. The van der Waals surface area contributed by atoms with E-state index in [0.717, 1.165) is 61.7 Å². The molecule has 0 saturated heterocycles. The molecule has 0 saturated carbocycles. The zero-order chi connectivity index (χ0) is 24.4. The van der Waals surface area contributed by atoms with E-state index in [1.807, 2.05) is 71.4 Å². The monoisotopic (exact) mass is 483 g/mol. The van der Waals surface area contributed by atoms with Gasteiger partial charge in [0, 0.05) is 27.6 Å². The highest BCUT2D eigenvalue weighted by atomic mass is 32.1. The van der Waals surface area contributed by atoms with Gasteiger partial charge >= 0.3 is 0 Å². The van der Waals surface area contributed by atoms with Crippen molar-refractivity contribution in [1.82, 2.24) is 14.8 Å². The normalized spacial score (nSPS) is 10.9. The first-order valence-corrected chi connectivity index (χ1v) is 12.0. The number of hydrogen-bond acceptors (Lipinski definition) is 6. The van der Waals surface area contributed by atoms with Crippen LogP contribution in [0.1, 0.15) is 5.56 Å². The van der Waals surface area contributed by atoms with E-state index in [1.54, 1.807) is 32.7 Å². The van der Waals surface area contributed by atoms with Crippen LogP contribution < -0.4 is 14.2 Å². The van der Waals surface area contributed by atoms with Crippen molar-refractivity contribution in [3.63, 3.8) is 0 Å². The van der Waals surface area contributed by atoms with Crippen molar-refractivity contribution < 1.29 is 14.2 Å². The van der Waals surface area contributed by atoms with Crippen molar-refractivity contribution in [2.75, 3.05) is 21.3 Å². The number of ether oxygens (including phenoxy) is 3. The van der Waals surface area contributed by atoms with E-state index in [1.165, 1.54) is 0 Å². The molecule has 6 nitrogen and oxygen atoms in total. The second-order valence-electron chi connectivity index (χ2n) is 7.94. The molecule has 5 rings (SSSR count). The maximum absolute atomic E-state index is 5.49. The van der Waals surface area contributed by atoms with Crippen LogP contribution in [0, 0.1) is 6.92 Å². The maximum atomic E-state index is 5.49. The van der Waals surface area contributed by atoms with Gasteiger partial charge in [0.2, 0.25) is 5.13 Å². The van der Waals surface area contributed by atoms with E-state index < -0.39 is 0 Å². The van der Waals surface area contributed by atoms with Crippen molar-refractivity contribution in [3.8, 4) is 56.2 Å². The van der Waals surface area contributed by atoms with E-state index >= 15 is 0 Å². The van der Waals surface area contributed by atoms with Gasteiger partial charge in [-0.15, -0.1) is 11.3 Å². The Hall–Kier alpha value is -4.10. The van der Waals surface area contributed by atoms with Crippen LogP contribution in [0.4, 0.5) is 0 Å². The van der Waals surface area contributed by atoms with Gasteiger partial charge in [-0.3, -0.25) is 0 Å². The fourth-order valence-corrected chi connectivity index (χ4v) is 4.83. The van der Waals surface area contributed by atoms with Crippen LogP contribution in [0.15, 0.2) is 78.2 Å². The third-order valence-electron chi connectivity index (χ3n) is 5.87. The topological polar surface area (TPSA) is 58.4 Å². The summed E-state index contributed by atoms with van der Waals surface area (Å²) in [4.78, 5) is 4.94. The summed E-state index contributed by atoms with van der Waals surface area (Å²) in [6.45, 7) is 2.09. The lowest BCUT2D eigenvalue weighted by molar-refractivity contribution is 0.415. The fraction of sp³-hybridized carbons (Fsp3) is 0.143. The number of methoxy groups -OCH3 is 3. The van der Waals surface area contributed by atoms with Gasteiger partial charge in [0.05, 0.1) is 38.4 Å². The molecule has 7 heteroatoms. The fourth-order valence-electron chi connectivity index (χ4n) is 4.04. The van der Waals surface area contributed by atoms with Gasteiger partial charge in [-0.25, -0.2) is 9.67 Å². The highest BCUT2D eigenvalue weighted by molar-refractivity contribution is 7.12. The first-order chi connectivity index (χ1) is 17.1. The van der Waals surface area contributed by atoms with E-state index in [9.17, 15) is 0 Å². The molecule has 0 fully saturated rings. The summed E-state index contributed by atoms with van der Waals surface area (Å²) in [6, 6.07) is 23.9. The van der Waals surface area contributed by atoms with Crippen molar-refractivity contribution in [1.29, 1.82) is 0 Å². The molecular weight excluding hydrogens is 458 g/mol. The Balaban J connectivity index is 1.66. The molecule has 0 amide bonds. The number of rotatable bonds is 7. The Morgan fingerprint density at radius 3 is 2.00 bits per heavy atom. The Labute approximate surface area is 208 Å². The Morgan fingerprint density at radius 1 is 0.714 bits per heavy atom. The summed E-state index contributed by atoms with van der Waals surface area (Å²) in [5, 5.41) is 7.87. The number of benzene rings is 3. The van der Waals surface area contributed by atoms with Crippen LogP contribution in [-0.2, 0) is 0 Å². The molecule has 2 aromatic heterocycles. The summed E-state index contributed by atoms with van der Waals surface area (Å²) < 4.78 is 18.2. The van der Waals surface area contributed by atoms with E-state index in [-0.39, 0.29) is 0 Å². The minimum Gasteiger partial charge on any atom is -0.497 e. The van der Waals surface area contributed by atoms with Crippen molar-refractivity contribution >= 4 is 11.3 Å². The molecule has 0 spiro atoms. The van der Waals surface area contributed by atoms with Crippen LogP contribution in [-0.4, -0.2) is 36.1 Å². The second kappa shape index (κ2) is 9.64. The third-order valence-corrected chi connectivity index (χ3v) is 6.68. The number of nitrogens with zero attached hydrogens (tertiary/aromatic N) is 3. The van der Waals surface area contributed by atoms with Crippen molar-refractivity contribution in [2.24, 2.45) is 0 Å². The van der Waals surface area contributed by atoms with E-state index in [4.69, 9.17) is 24.3 Å². The molecule has 0 aliphatic carbocycles. The van der Waals surface area contributed by atoms with Gasteiger partial charge in [-0.1, -0.05) is 24.3 Å². The molecular formula is C28H25N3O3S. The molecule has 176 valence electrons. The van der Waals surface area contributed by atoms with Crippen LogP contribution in [0.2, 0.25) is 0 Å². The highest BCUT2D eigenvalue weighted by Crippen LogP contribution is 2.37. The molecule has 0 unspecified atom stereocenters. The van der Waals surface area contributed by atoms with E-state index in [2.05, 4.69) is 18.4 Å². The van der Waals surface area contributed by atoms with Gasteiger partial charge in [0.15, 0.2) is 0 Å². The van der Waals surface area contributed by atoms with Gasteiger partial charge < -0.3 is 14.2 Å². The first-order valence-electron chi connectivity index (χ1n) is 11.1. The van der Waals surface area contributed by atoms with Crippen LogP contribution in [0.3, 0.4) is 0 Å². The van der Waals surface area contributed by atoms with Gasteiger partial charge in [0.1, 0.15) is 17.2 Å². The van der Waals surface area contributed by atoms with Crippen LogP contribution in [0.5, 0.6) is 17.2 Å². The molecule has 0 atom stereocenters. The Morgan fingerprint density at radius 2 is 1.34 bits per heavy atom. The largest absolute Gasteiger partial charge is 0.497 e. The average Bonchev–Trinajstić information content (AvgIpc) is 3.53. The first kappa shape index (κ1) is 22.7. The third kappa shape index (κ3) is 4.38. The lowest BCUT2D eigenvalue weighted by Gasteiger charge is -2.08. The summed E-state index contributed by atoms with van der Waals surface area (Å²) in [5.74, 6) is 2.39. The van der Waals surface area contributed by atoms with Crippen molar-refractivity contribution in [3.05, 3.63) is 83.7 Å². The lowest BCUT2D eigenvalue weighted by Crippen LogP contribution is -1.99. The van der Waals surface area contributed by atoms with Gasteiger partial charge in [-0.05, 0) is 55.5 Å². The van der Waals surface area contributed by atoms with Gasteiger partial charge in [0.25, 0.3) is 0 Å². The molecule has 2 heterocycles. The maximum Gasteiger partial charge on any atom is 0.211 e. The zero-order valence-electron chi connectivity index (χ0n) is 20.0. The molecule has 0 N–H and O–H groups in total. The summed E-state index contributed by atoms with van der Waals surface area (Å²) in [5.41, 5.74) is 6.79. The molecule has 0 bridgehead atoms. The molecule has 35 heavy (non-hydrogen) atoms. The predicted octanol–water partition coefficient (Wildman–Crippen LogP) is 6.66. The van der Waals surface area contributed by atoms with Gasteiger partial charge in [-0.2, -0.15) is 5.10 Å². The van der Waals surface area contributed by atoms with Crippen molar-refractivity contribution in [2.45, 2.75) is 6.92 Å². The molecule has 3 aromatic carbocycles. The molecule has 5 aromatic rings. The summed E-state index contributed by atoms with van der Waals surface area (Å²) in [7, 11) is 5.01. The Bertz CT molecular complexity index is 1470. The number of thiazole rings is 1. The molecule has 0 aliphatic heterocycles. The summed E-state index contributed by atoms with van der Waals surface area (Å²) >= 11 is 1.55. The van der Waals surface area contributed by atoms with Crippen LogP contribution in [0.25, 0.3) is 38.9 Å². The smallest absolute Gasteiger partial charge is 0.211 e. The predicted molar refractivity (Wildman–Crippen MR) is 140 cm³/mol.